The van der Waals surface area contributed by atoms with Crippen LogP contribution in [-0.4, -0.2) is 8.24 Å². The van der Waals surface area contributed by atoms with Gasteiger partial charge in [0.15, 0.2) is 8.24 Å². The van der Waals surface area contributed by atoms with Gasteiger partial charge in [0.2, 0.25) is 0 Å². The molecular formula is C17H23FNSi. The molecule has 1 saturated carbocycles. The summed E-state index contributed by atoms with van der Waals surface area (Å²) < 4.78 is 13.0. The average Bonchev–Trinajstić information content (AvgIpc) is 2.57. The van der Waals surface area contributed by atoms with Gasteiger partial charge in [-0.3, -0.25) is 0 Å². The molecule has 1 aliphatic rings. The number of rotatable bonds is 3. The van der Waals surface area contributed by atoms with Gasteiger partial charge in [-0.15, -0.1) is 0 Å². The molecule has 0 amide bonds. The van der Waals surface area contributed by atoms with E-state index < -0.39 is 8.24 Å². The van der Waals surface area contributed by atoms with Crippen molar-refractivity contribution in [2.75, 3.05) is 4.98 Å². The first kappa shape index (κ1) is 15.6. The second kappa shape index (κ2) is 5.51. The number of nitrogens with one attached hydrogen (secondary N) is 1. The predicted molar refractivity (Wildman–Crippen MR) is 86.4 cm³/mol. The first-order valence-electron chi connectivity index (χ1n) is 7.01. The largest absolute Gasteiger partial charge is 0.410 e. The minimum Gasteiger partial charge on any atom is -0.410 e. The fourth-order valence-corrected chi connectivity index (χ4v) is 6.38. The van der Waals surface area contributed by atoms with Crippen molar-refractivity contribution >= 4 is 13.9 Å². The van der Waals surface area contributed by atoms with E-state index in [1.165, 1.54) is 41.3 Å². The lowest BCUT2D eigenvalue weighted by molar-refractivity contribution is 0.628. The maximum Gasteiger partial charge on any atom is 0.155 e. The summed E-state index contributed by atoms with van der Waals surface area (Å²) in [5.41, 5.74) is 2.48. The van der Waals surface area contributed by atoms with E-state index >= 15 is 0 Å². The third kappa shape index (κ3) is 2.78. The maximum atomic E-state index is 13.0. The summed E-state index contributed by atoms with van der Waals surface area (Å²) in [6.07, 6.45) is 0. The Kier molecular flexibility index (Phi) is 4.29. The summed E-state index contributed by atoms with van der Waals surface area (Å²) in [6.45, 7) is 13.4. The van der Waals surface area contributed by atoms with Gasteiger partial charge in [-0.25, -0.2) is 4.39 Å². The minimum atomic E-state index is -1.81. The van der Waals surface area contributed by atoms with Gasteiger partial charge in [0.1, 0.15) is 5.82 Å². The normalized spacial score (nSPS) is 20.8. The summed E-state index contributed by atoms with van der Waals surface area (Å²) in [5.74, 6) is 5.43. The molecule has 1 aliphatic carbocycles. The van der Waals surface area contributed by atoms with Crippen LogP contribution in [0.25, 0.3) is 0 Å². The summed E-state index contributed by atoms with van der Waals surface area (Å²) in [7, 11) is -1.81. The number of halogens is 1. The molecule has 0 atom stereocenters. The van der Waals surface area contributed by atoms with E-state index in [1.807, 2.05) is 12.1 Å². The Morgan fingerprint density at radius 1 is 0.800 bits per heavy atom. The highest BCUT2D eigenvalue weighted by molar-refractivity contribution is 6.87. The zero-order valence-corrected chi connectivity index (χ0v) is 14.2. The van der Waals surface area contributed by atoms with Crippen LogP contribution in [0.4, 0.5) is 10.1 Å². The fraction of sp³-hybridized carbons (Fsp3) is 0.353. The van der Waals surface area contributed by atoms with Crippen molar-refractivity contribution in [1.82, 2.24) is 0 Å². The lowest BCUT2D eigenvalue weighted by atomic mass is 9.92. The molecule has 0 spiro atoms. The van der Waals surface area contributed by atoms with E-state index in [9.17, 15) is 4.39 Å². The van der Waals surface area contributed by atoms with Crippen LogP contribution in [0.5, 0.6) is 0 Å². The molecule has 20 heavy (non-hydrogen) atoms. The maximum absolute atomic E-state index is 13.0. The highest BCUT2D eigenvalue weighted by Gasteiger charge is 2.51. The number of hydrogen-bond acceptors (Lipinski definition) is 1. The lowest BCUT2D eigenvalue weighted by Crippen LogP contribution is -2.46. The van der Waals surface area contributed by atoms with Crippen LogP contribution in [0.15, 0.2) is 24.3 Å². The van der Waals surface area contributed by atoms with E-state index in [0.717, 1.165) is 5.69 Å². The molecule has 1 nitrogen and oxygen atoms in total. The van der Waals surface area contributed by atoms with Crippen molar-refractivity contribution in [2.45, 2.75) is 40.8 Å². The molecule has 0 heterocycles. The van der Waals surface area contributed by atoms with Crippen molar-refractivity contribution in [1.29, 1.82) is 0 Å². The van der Waals surface area contributed by atoms with Gasteiger partial charge in [-0.05, 0) is 47.9 Å². The first-order chi connectivity index (χ1) is 9.24. The van der Waals surface area contributed by atoms with E-state index in [-0.39, 0.29) is 5.82 Å². The zero-order chi connectivity index (χ0) is 15.1. The van der Waals surface area contributed by atoms with Crippen molar-refractivity contribution in [3.63, 3.8) is 0 Å². The van der Waals surface area contributed by atoms with Crippen LogP contribution in [-0.2, 0) is 0 Å². The van der Waals surface area contributed by atoms with Crippen molar-refractivity contribution < 1.29 is 4.39 Å². The molecule has 0 aliphatic heterocycles. The number of hydrogen-bond donors (Lipinski definition) is 1. The van der Waals surface area contributed by atoms with Gasteiger partial charge in [0, 0.05) is 11.2 Å². The first-order valence-corrected chi connectivity index (χ1v) is 10.0. The molecule has 0 bridgehead atoms. The Morgan fingerprint density at radius 2 is 1.25 bits per heavy atom. The molecule has 1 aromatic rings. The topological polar surface area (TPSA) is 12.0 Å². The second-order valence-electron chi connectivity index (χ2n) is 6.13. The third-order valence-electron chi connectivity index (χ3n) is 4.36. The molecule has 0 unspecified atom stereocenters. The smallest absolute Gasteiger partial charge is 0.155 e. The molecule has 5 radical (unpaired) electrons. The van der Waals surface area contributed by atoms with Crippen LogP contribution in [0.1, 0.15) is 27.7 Å². The summed E-state index contributed by atoms with van der Waals surface area (Å²) in [5, 5.41) is 0. The SMILES string of the molecule is C[C]1[C](C)[C](C)[C]([Si](C)(C)Nc2ccc(F)cc2)[C]1C. The Morgan fingerprint density at radius 3 is 1.70 bits per heavy atom. The van der Waals surface area contributed by atoms with Crippen LogP contribution in [0, 0.1) is 35.0 Å². The highest BCUT2D eigenvalue weighted by atomic mass is 28.3. The molecule has 3 heteroatoms. The van der Waals surface area contributed by atoms with Gasteiger partial charge in [-0.1, -0.05) is 40.8 Å². The van der Waals surface area contributed by atoms with Crippen LogP contribution >= 0.6 is 0 Å². The Bertz CT molecular complexity index is 443. The molecule has 2 rings (SSSR count). The molecule has 1 aromatic carbocycles. The summed E-state index contributed by atoms with van der Waals surface area (Å²) >= 11 is 0. The van der Waals surface area contributed by atoms with Crippen LogP contribution < -0.4 is 4.98 Å². The van der Waals surface area contributed by atoms with E-state index in [2.05, 4.69) is 45.8 Å². The van der Waals surface area contributed by atoms with E-state index in [0.29, 0.717) is 0 Å². The highest BCUT2D eigenvalue weighted by Crippen LogP contribution is 2.55. The molecule has 0 saturated heterocycles. The average molecular weight is 288 g/mol. The quantitative estimate of drug-likeness (QED) is 0.776. The van der Waals surface area contributed by atoms with Gasteiger partial charge in [0.05, 0.1) is 0 Å². The third-order valence-corrected chi connectivity index (χ3v) is 7.28. The van der Waals surface area contributed by atoms with Crippen molar-refractivity contribution in [2.24, 2.45) is 0 Å². The van der Waals surface area contributed by atoms with Crippen molar-refractivity contribution in [3.8, 4) is 0 Å². The standard InChI is InChI=1S/C17H23FNSi/c1-11-12(2)14(4)17(13(11)3)20(5,6)19-16-9-7-15(18)8-10-16/h7-10,19H,1-6H3. The molecule has 107 valence electrons. The van der Waals surface area contributed by atoms with Gasteiger partial charge < -0.3 is 4.98 Å². The van der Waals surface area contributed by atoms with E-state index in [4.69, 9.17) is 0 Å². The molecule has 0 aromatic heterocycles. The number of benzene rings is 1. The fourth-order valence-electron chi connectivity index (χ4n) is 3.11. The second-order valence-corrected chi connectivity index (χ2v) is 10.1. The molecule has 1 N–H and O–H groups in total. The Labute approximate surface area is 124 Å². The van der Waals surface area contributed by atoms with E-state index in [1.54, 1.807) is 0 Å². The van der Waals surface area contributed by atoms with Crippen LogP contribution in [0.2, 0.25) is 13.1 Å². The predicted octanol–water partition coefficient (Wildman–Crippen LogP) is 4.95. The van der Waals surface area contributed by atoms with Crippen LogP contribution in [0.3, 0.4) is 0 Å². The Balaban J connectivity index is 2.19. The Hall–Kier alpha value is -0.833. The summed E-state index contributed by atoms with van der Waals surface area (Å²) in [6, 6.07) is 6.65. The monoisotopic (exact) mass is 288 g/mol. The minimum absolute atomic E-state index is 0.192. The van der Waals surface area contributed by atoms with Gasteiger partial charge in [0.25, 0.3) is 0 Å². The molecular weight excluding hydrogens is 265 g/mol. The molecule has 1 fully saturated rings. The summed E-state index contributed by atoms with van der Waals surface area (Å²) in [4.78, 5) is 3.66. The van der Waals surface area contributed by atoms with Gasteiger partial charge >= 0.3 is 0 Å². The number of anilines is 1. The lowest BCUT2D eigenvalue weighted by Gasteiger charge is -2.36. The van der Waals surface area contributed by atoms with Gasteiger partial charge in [-0.2, -0.15) is 0 Å². The zero-order valence-electron chi connectivity index (χ0n) is 13.2. The van der Waals surface area contributed by atoms with Crippen molar-refractivity contribution in [3.05, 3.63) is 59.3 Å².